The summed E-state index contributed by atoms with van der Waals surface area (Å²) in [6, 6.07) is 13.8. The molecule has 5 heteroatoms. The summed E-state index contributed by atoms with van der Waals surface area (Å²) in [5.41, 5.74) is 3.36. The van der Waals surface area contributed by atoms with Crippen LogP contribution in [0.5, 0.6) is 0 Å². The van der Waals surface area contributed by atoms with Gasteiger partial charge in [0, 0.05) is 11.1 Å². The van der Waals surface area contributed by atoms with Crippen LogP contribution in [-0.2, 0) is 11.2 Å². The van der Waals surface area contributed by atoms with Gasteiger partial charge in [0.1, 0.15) is 5.82 Å². The summed E-state index contributed by atoms with van der Waals surface area (Å²) in [6.45, 7) is 2.09. The van der Waals surface area contributed by atoms with Crippen LogP contribution in [-0.4, -0.2) is 18.1 Å². The average molecular weight is 324 g/mol. The highest BCUT2D eigenvalue weighted by molar-refractivity contribution is 5.98. The molecule has 0 radical (unpaired) electrons. The summed E-state index contributed by atoms with van der Waals surface area (Å²) in [5, 5.41) is 3.83. The number of carbonyl (C=O) groups excluding carboxylic acids is 1. The van der Waals surface area contributed by atoms with E-state index >= 15 is 0 Å². The van der Waals surface area contributed by atoms with E-state index in [1.807, 2.05) is 24.3 Å². The van der Waals surface area contributed by atoms with Crippen molar-refractivity contribution in [3.05, 3.63) is 65.6 Å². The van der Waals surface area contributed by atoms with Crippen molar-refractivity contribution in [2.75, 3.05) is 12.4 Å². The lowest BCUT2D eigenvalue weighted by Crippen LogP contribution is -2.06. The van der Waals surface area contributed by atoms with Gasteiger partial charge in [-0.3, -0.25) is 0 Å². The number of carbonyl (C=O) groups is 1. The average Bonchev–Trinajstić information content (AvgIpc) is 2.61. The summed E-state index contributed by atoms with van der Waals surface area (Å²) in [7, 11) is 1.30. The topological polar surface area (TPSA) is 51.2 Å². The van der Waals surface area contributed by atoms with Crippen molar-refractivity contribution in [3.8, 4) is 0 Å². The van der Waals surface area contributed by atoms with E-state index < -0.39 is 5.97 Å². The van der Waals surface area contributed by atoms with Crippen LogP contribution < -0.4 is 5.32 Å². The number of nitrogens with zero attached hydrogens (tertiary/aromatic N) is 1. The Labute approximate surface area is 139 Å². The molecule has 0 unspecified atom stereocenters. The first kappa shape index (κ1) is 15.9. The zero-order valence-corrected chi connectivity index (χ0v) is 13.5. The Hall–Kier alpha value is -2.95. The highest BCUT2D eigenvalue weighted by atomic mass is 19.1. The first-order valence-electron chi connectivity index (χ1n) is 7.65. The van der Waals surface area contributed by atoms with Crippen LogP contribution in [0.2, 0.25) is 0 Å². The second-order valence-electron chi connectivity index (χ2n) is 5.38. The molecular weight excluding hydrogens is 307 g/mol. The number of esters is 1. The van der Waals surface area contributed by atoms with Crippen molar-refractivity contribution in [3.63, 3.8) is 0 Å². The fourth-order valence-corrected chi connectivity index (χ4v) is 2.49. The van der Waals surface area contributed by atoms with E-state index in [0.29, 0.717) is 16.6 Å². The zero-order chi connectivity index (χ0) is 17.1. The van der Waals surface area contributed by atoms with Gasteiger partial charge in [-0.2, -0.15) is 0 Å². The molecule has 0 saturated carbocycles. The zero-order valence-electron chi connectivity index (χ0n) is 13.5. The third-order valence-corrected chi connectivity index (χ3v) is 3.81. The van der Waals surface area contributed by atoms with Crippen LogP contribution in [0.25, 0.3) is 10.9 Å². The normalized spacial score (nSPS) is 10.6. The van der Waals surface area contributed by atoms with Gasteiger partial charge in [-0.15, -0.1) is 0 Å². The maximum absolute atomic E-state index is 13.6. The third kappa shape index (κ3) is 3.20. The van der Waals surface area contributed by atoms with Crippen molar-refractivity contribution in [1.29, 1.82) is 0 Å². The maximum atomic E-state index is 13.6. The van der Waals surface area contributed by atoms with E-state index in [2.05, 4.69) is 17.2 Å². The van der Waals surface area contributed by atoms with E-state index in [1.54, 1.807) is 12.1 Å². The minimum atomic E-state index is -0.536. The number of ether oxygens (including phenoxy) is 1. The molecule has 0 aliphatic heterocycles. The SMILES string of the molecule is CCc1ccc(Nc2cc(C(=O)OC)nc3ccc(F)cc23)cc1. The molecule has 0 amide bonds. The lowest BCUT2D eigenvalue weighted by atomic mass is 10.1. The number of rotatable bonds is 4. The number of methoxy groups -OCH3 is 1. The molecule has 0 aliphatic carbocycles. The second kappa shape index (κ2) is 6.66. The summed E-state index contributed by atoms with van der Waals surface area (Å²) in [5.74, 6) is -0.898. The Morgan fingerprint density at radius 1 is 1.17 bits per heavy atom. The first-order chi connectivity index (χ1) is 11.6. The van der Waals surface area contributed by atoms with Crippen LogP contribution >= 0.6 is 0 Å². The Morgan fingerprint density at radius 2 is 1.92 bits per heavy atom. The molecule has 1 heterocycles. The molecule has 1 aromatic heterocycles. The van der Waals surface area contributed by atoms with Crippen molar-refractivity contribution in [2.45, 2.75) is 13.3 Å². The standard InChI is InChI=1S/C19H17FN2O2/c1-3-12-4-7-14(8-5-12)21-17-11-18(19(23)24-2)22-16-9-6-13(20)10-15(16)17/h4-11H,3H2,1-2H3,(H,21,22). The Balaban J connectivity index is 2.08. The molecule has 0 bridgehead atoms. The number of aryl methyl sites for hydroxylation is 1. The monoisotopic (exact) mass is 324 g/mol. The lowest BCUT2D eigenvalue weighted by Gasteiger charge is -2.12. The molecule has 0 fully saturated rings. The smallest absolute Gasteiger partial charge is 0.356 e. The number of halogens is 1. The largest absolute Gasteiger partial charge is 0.464 e. The number of anilines is 2. The molecule has 24 heavy (non-hydrogen) atoms. The van der Waals surface area contributed by atoms with Crippen LogP contribution in [0.3, 0.4) is 0 Å². The summed E-state index contributed by atoms with van der Waals surface area (Å²) in [6.07, 6.45) is 0.955. The number of hydrogen-bond donors (Lipinski definition) is 1. The number of hydrogen-bond acceptors (Lipinski definition) is 4. The second-order valence-corrected chi connectivity index (χ2v) is 5.38. The molecule has 3 aromatic rings. The number of nitrogens with one attached hydrogen (secondary N) is 1. The van der Waals surface area contributed by atoms with Crippen LogP contribution in [0.4, 0.5) is 15.8 Å². The van der Waals surface area contributed by atoms with E-state index in [9.17, 15) is 9.18 Å². The number of aromatic nitrogens is 1. The molecule has 3 rings (SSSR count). The first-order valence-corrected chi connectivity index (χ1v) is 7.65. The summed E-state index contributed by atoms with van der Waals surface area (Å²) in [4.78, 5) is 16.1. The van der Waals surface area contributed by atoms with Gasteiger partial charge in [-0.05, 0) is 48.4 Å². The van der Waals surface area contributed by atoms with Gasteiger partial charge >= 0.3 is 5.97 Å². The fourth-order valence-electron chi connectivity index (χ4n) is 2.49. The van der Waals surface area contributed by atoms with Crippen LogP contribution in [0.1, 0.15) is 23.0 Å². The van der Waals surface area contributed by atoms with E-state index in [1.165, 1.54) is 24.8 Å². The summed E-state index contributed by atoms with van der Waals surface area (Å²) < 4.78 is 18.4. The third-order valence-electron chi connectivity index (χ3n) is 3.81. The van der Waals surface area contributed by atoms with E-state index in [-0.39, 0.29) is 11.5 Å². The highest BCUT2D eigenvalue weighted by Gasteiger charge is 2.13. The Morgan fingerprint density at radius 3 is 2.58 bits per heavy atom. The molecule has 4 nitrogen and oxygen atoms in total. The summed E-state index contributed by atoms with van der Waals surface area (Å²) >= 11 is 0. The number of benzene rings is 2. The minimum Gasteiger partial charge on any atom is -0.464 e. The predicted molar refractivity (Wildman–Crippen MR) is 92.1 cm³/mol. The van der Waals surface area contributed by atoms with Crippen LogP contribution in [0, 0.1) is 5.82 Å². The van der Waals surface area contributed by atoms with Gasteiger partial charge in [0.15, 0.2) is 5.69 Å². The minimum absolute atomic E-state index is 0.171. The van der Waals surface area contributed by atoms with Gasteiger partial charge in [-0.1, -0.05) is 19.1 Å². The van der Waals surface area contributed by atoms with Gasteiger partial charge < -0.3 is 10.1 Å². The molecule has 0 spiro atoms. The fraction of sp³-hybridized carbons (Fsp3) is 0.158. The number of pyridine rings is 1. The molecule has 0 aliphatic rings. The van der Waals surface area contributed by atoms with Crippen molar-refractivity contribution < 1.29 is 13.9 Å². The molecular formula is C19H17FN2O2. The van der Waals surface area contributed by atoms with Crippen LogP contribution in [0.15, 0.2) is 48.5 Å². The van der Waals surface area contributed by atoms with Gasteiger partial charge in [0.05, 0.1) is 18.3 Å². The Bertz CT molecular complexity index is 892. The Kier molecular flexibility index (Phi) is 4.42. The van der Waals surface area contributed by atoms with Crippen molar-refractivity contribution in [1.82, 2.24) is 4.98 Å². The lowest BCUT2D eigenvalue weighted by molar-refractivity contribution is 0.0594. The molecule has 2 aromatic carbocycles. The van der Waals surface area contributed by atoms with Crippen molar-refractivity contribution >= 4 is 28.2 Å². The quantitative estimate of drug-likeness (QED) is 0.720. The van der Waals surface area contributed by atoms with E-state index in [4.69, 9.17) is 4.74 Å². The van der Waals surface area contributed by atoms with Gasteiger partial charge in [0.2, 0.25) is 0 Å². The highest BCUT2D eigenvalue weighted by Crippen LogP contribution is 2.27. The van der Waals surface area contributed by atoms with E-state index in [0.717, 1.165) is 12.1 Å². The molecule has 0 atom stereocenters. The number of fused-ring (bicyclic) bond motifs is 1. The molecule has 1 N–H and O–H groups in total. The maximum Gasteiger partial charge on any atom is 0.356 e. The molecule has 122 valence electrons. The van der Waals surface area contributed by atoms with Gasteiger partial charge in [-0.25, -0.2) is 14.2 Å². The van der Waals surface area contributed by atoms with Crippen molar-refractivity contribution in [2.24, 2.45) is 0 Å². The molecule has 0 saturated heterocycles. The predicted octanol–water partition coefficient (Wildman–Crippen LogP) is 4.47. The van der Waals surface area contributed by atoms with Gasteiger partial charge in [0.25, 0.3) is 0 Å².